The maximum Gasteiger partial charge on any atom is 0.158 e. The first-order valence-corrected chi connectivity index (χ1v) is 6.65. The van der Waals surface area contributed by atoms with Gasteiger partial charge >= 0.3 is 0 Å². The van der Waals surface area contributed by atoms with E-state index in [1.807, 2.05) is 0 Å². The summed E-state index contributed by atoms with van der Waals surface area (Å²) >= 11 is 5.14. The van der Waals surface area contributed by atoms with E-state index in [9.17, 15) is 0 Å². The van der Waals surface area contributed by atoms with Gasteiger partial charge in [-0.25, -0.2) is 15.8 Å². The Bertz CT molecular complexity index is 379. The smallest absolute Gasteiger partial charge is 0.158 e. The highest BCUT2D eigenvalue weighted by Gasteiger charge is 2.26. The number of hydrazine groups is 1. The van der Waals surface area contributed by atoms with E-state index < -0.39 is 0 Å². The monoisotopic (exact) mass is 304 g/mol. The lowest BCUT2D eigenvalue weighted by atomic mass is 10.3. The van der Waals surface area contributed by atoms with Gasteiger partial charge in [-0.05, 0) is 29.3 Å². The van der Waals surface area contributed by atoms with Gasteiger partial charge in [0.25, 0.3) is 0 Å². The molecule has 1 aromatic rings. The molecule has 0 amide bonds. The minimum atomic E-state index is 0.265. The van der Waals surface area contributed by atoms with Gasteiger partial charge in [0.05, 0.1) is 10.6 Å². The molecule has 2 unspecified atom stereocenters. The quantitative estimate of drug-likeness (QED) is 0.504. The first-order chi connectivity index (χ1) is 7.72. The molecule has 1 aliphatic heterocycles. The summed E-state index contributed by atoms with van der Waals surface area (Å²) in [5.74, 6) is 5.95. The number of hydrogen-bond donors (Lipinski definition) is 2. The lowest BCUT2D eigenvalue weighted by Gasteiger charge is -2.14. The Balaban J connectivity index is 2.14. The molecule has 88 valence electrons. The van der Waals surface area contributed by atoms with Crippen LogP contribution >= 0.6 is 27.7 Å². The molecule has 1 aliphatic rings. The second-order valence-corrected chi connectivity index (χ2v) is 5.53. The molecular formula is C9H13BrN4OS. The summed E-state index contributed by atoms with van der Waals surface area (Å²) in [7, 11) is 0. The third-order valence-corrected chi connectivity index (χ3v) is 4.93. The molecular weight excluding hydrogens is 292 g/mol. The molecule has 0 bridgehead atoms. The van der Waals surface area contributed by atoms with E-state index in [0.717, 1.165) is 22.5 Å². The predicted octanol–water partition coefficient (Wildman–Crippen LogP) is 1.79. The van der Waals surface area contributed by atoms with Crippen molar-refractivity contribution in [2.75, 3.05) is 12.0 Å². The van der Waals surface area contributed by atoms with Crippen LogP contribution < -0.4 is 11.3 Å². The lowest BCUT2D eigenvalue weighted by Crippen LogP contribution is -2.14. The highest BCUT2D eigenvalue weighted by atomic mass is 79.9. The Morgan fingerprint density at radius 2 is 2.44 bits per heavy atom. The Morgan fingerprint density at radius 3 is 3.06 bits per heavy atom. The Kier molecular flexibility index (Phi) is 4.01. The van der Waals surface area contributed by atoms with Gasteiger partial charge in [0, 0.05) is 11.9 Å². The maximum atomic E-state index is 5.51. The zero-order valence-corrected chi connectivity index (χ0v) is 11.2. The van der Waals surface area contributed by atoms with E-state index in [2.05, 4.69) is 38.2 Å². The number of rotatable bonds is 3. The summed E-state index contributed by atoms with van der Waals surface area (Å²) in [6.07, 6.45) is 2.82. The molecule has 1 fully saturated rings. The van der Waals surface area contributed by atoms with Crippen LogP contribution in [0.5, 0.6) is 0 Å². The number of thioether (sulfide) groups is 1. The third-order valence-electron chi connectivity index (χ3n) is 2.46. The van der Waals surface area contributed by atoms with Crippen LogP contribution in [0.3, 0.4) is 0 Å². The number of nitrogens with two attached hydrogens (primary N) is 1. The fraction of sp³-hybridized carbons (Fsp3) is 0.556. The molecule has 0 aromatic carbocycles. The van der Waals surface area contributed by atoms with Crippen LogP contribution in [-0.4, -0.2) is 27.9 Å². The van der Waals surface area contributed by atoms with Gasteiger partial charge in [-0.3, -0.25) is 0 Å². The molecule has 2 heterocycles. The van der Waals surface area contributed by atoms with Crippen molar-refractivity contribution in [2.45, 2.75) is 29.7 Å². The van der Waals surface area contributed by atoms with Crippen LogP contribution in [0, 0.1) is 0 Å². The van der Waals surface area contributed by atoms with Crippen molar-refractivity contribution in [3.05, 3.63) is 10.8 Å². The summed E-state index contributed by atoms with van der Waals surface area (Å²) in [5.41, 5.74) is 2.53. The number of nitrogens with zero attached hydrogens (tertiary/aromatic N) is 2. The average Bonchev–Trinajstić information content (AvgIpc) is 2.68. The summed E-state index contributed by atoms with van der Waals surface area (Å²) < 4.78 is 6.32. The maximum absolute atomic E-state index is 5.51. The molecule has 0 aliphatic carbocycles. The van der Waals surface area contributed by atoms with Crippen LogP contribution in [0.1, 0.15) is 13.3 Å². The van der Waals surface area contributed by atoms with Gasteiger partial charge in [0.1, 0.15) is 11.4 Å². The van der Waals surface area contributed by atoms with Crippen LogP contribution in [-0.2, 0) is 4.74 Å². The van der Waals surface area contributed by atoms with E-state index in [1.54, 1.807) is 11.8 Å². The first kappa shape index (κ1) is 12.1. The number of nitrogens with one attached hydrogen (secondary N) is 1. The van der Waals surface area contributed by atoms with Gasteiger partial charge in [0.15, 0.2) is 5.82 Å². The van der Waals surface area contributed by atoms with E-state index in [-0.39, 0.29) is 6.10 Å². The van der Waals surface area contributed by atoms with Crippen molar-refractivity contribution >= 4 is 33.5 Å². The second-order valence-electron chi connectivity index (χ2n) is 3.51. The van der Waals surface area contributed by atoms with Gasteiger partial charge in [-0.15, -0.1) is 0 Å². The van der Waals surface area contributed by atoms with E-state index >= 15 is 0 Å². The summed E-state index contributed by atoms with van der Waals surface area (Å²) in [6, 6.07) is 0. The number of halogens is 1. The average molecular weight is 305 g/mol. The third kappa shape index (κ3) is 2.48. The fourth-order valence-corrected chi connectivity index (χ4v) is 3.23. The highest BCUT2D eigenvalue weighted by Crippen LogP contribution is 2.36. The number of anilines is 1. The molecule has 0 spiro atoms. The van der Waals surface area contributed by atoms with E-state index in [4.69, 9.17) is 10.6 Å². The largest absolute Gasteiger partial charge is 0.377 e. The Hall–Kier alpha value is -0.370. The first-order valence-electron chi connectivity index (χ1n) is 4.97. The number of hydrogen-bond acceptors (Lipinski definition) is 6. The fourth-order valence-electron chi connectivity index (χ4n) is 1.55. The molecule has 2 atom stereocenters. The summed E-state index contributed by atoms with van der Waals surface area (Å²) in [6.45, 7) is 2.91. The molecule has 16 heavy (non-hydrogen) atoms. The SMILES string of the molecule is CC1OCCC1Sc1ncnc(NN)c1Br. The molecule has 3 N–H and O–H groups in total. The van der Waals surface area contributed by atoms with Crippen molar-refractivity contribution in [3.8, 4) is 0 Å². The van der Waals surface area contributed by atoms with Crippen LogP contribution in [0.4, 0.5) is 5.82 Å². The normalized spacial score (nSPS) is 24.7. The van der Waals surface area contributed by atoms with Crippen LogP contribution in [0.25, 0.3) is 0 Å². The zero-order valence-electron chi connectivity index (χ0n) is 8.81. The van der Waals surface area contributed by atoms with Crippen molar-refractivity contribution < 1.29 is 4.74 Å². The van der Waals surface area contributed by atoms with Crippen LogP contribution in [0.15, 0.2) is 15.8 Å². The van der Waals surface area contributed by atoms with Crippen molar-refractivity contribution in [2.24, 2.45) is 5.84 Å². The van der Waals surface area contributed by atoms with Gasteiger partial charge < -0.3 is 10.2 Å². The summed E-state index contributed by atoms with van der Waals surface area (Å²) in [4.78, 5) is 8.25. The second kappa shape index (κ2) is 5.31. The number of ether oxygens (including phenoxy) is 1. The zero-order chi connectivity index (χ0) is 11.5. The summed E-state index contributed by atoms with van der Waals surface area (Å²) in [5, 5.41) is 1.34. The van der Waals surface area contributed by atoms with Crippen molar-refractivity contribution in [1.29, 1.82) is 0 Å². The molecule has 1 aromatic heterocycles. The topological polar surface area (TPSA) is 73.1 Å². The van der Waals surface area contributed by atoms with Gasteiger partial charge in [0.2, 0.25) is 0 Å². The van der Waals surface area contributed by atoms with Crippen molar-refractivity contribution in [1.82, 2.24) is 9.97 Å². The number of nitrogen functional groups attached to an aromatic ring is 1. The standard InChI is InChI=1S/C9H13BrN4OS/c1-5-6(2-3-15-5)16-9-7(10)8(14-11)12-4-13-9/h4-6H,2-3,11H2,1H3,(H,12,13,14). The minimum absolute atomic E-state index is 0.265. The minimum Gasteiger partial charge on any atom is -0.377 e. The van der Waals surface area contributed by atoms with Gasteiger partial charge in [-0.1, -0.05) is 11.8 Å². The number of aromatic nitrogens is 2. The predicted molar refractivity (Wildman–Crippen MR) is 67.2 cm³/mol. The lowest BCUT2D eigenvalue weighted by molar-refractivity contribution is 0.127. The molecule has 2 rings (SSSR count). The Labute approximate surface area is 107 Å². The van der Waals surface area contributed by atoms with E-state index in [0.29, 0.717) is 11.1 Å². The molecule has 1 saturated heterocycles. The van der Waals surface area contributed by atoms with Crippen LogP contribution in [0.2, 0.25) is 0 Å². The molecule has 7 heteroatoms. The molecule has 5 nitrogen and oxygen atoms in total. The van der Waals surface area contributed by atoms with Crippen molar-refractivity contribution in [3.63, 3.8) is 0 Å². The molecule has 0 radical (unpaired) electrons. The van der Waals surface area contributed by atoms with Gasteiger partial charge in [-0.2, -0.15) is 0 Å². The molecule has 0 saturated carbocycles. The highest BCUT2D eigenvalue weighted by molar-refractivity contribution is 9.10. The Morgan fingerprint density at radius 1 is 1.62 bits per heavy atom. The van der Waals surface area contributed by atoms with E-state index in [1.165, 1.54) is 6.33 Å².